The first kappa shape index (κ1) is 27.7. The molecule has 3 aromatic carbocycles. The van der Waals surface area contributed by atoms with E-state index >= 15 is 0 Å². The van der Waals surface area contributed by atoms with Crippen LogP contribution in [0.1, 0.15) is 36.8 Å². The number of likely N-dealkylation sites (tertiary alicyclic amines) is 1. The Bertz CT molecular complexity index is 1410. The van der Waals surface area contributed by atoms with Gasteiger partial charge < -0.3 is 19.9 Å². The molecular weight excluding hydrogens is 519 g/mol. The summed E-state index contributed by atoms with van der Waals surface area (Å²) in [6, 6.07) is 19.3. The van der Waals surface area contributed by atoms with E-state index in [1.165, 1.54) is 34.0 Å². The Hall–Kier alpha value is -3.49. The van der Waals surface area contributed by atoms with Gasteiger partial charge in [0.15, 0.2) is 0 Å². The number of piperidine rings is 1. The molecule has 2 unspecified atom stereocenters. The summed E-state index contributed by atoms with van der Waals surface area (Å²) in [7, 11) is 1.64. The average molecular weight is 559 g/mol. The molecule has 6 rings (SSSR count). The molecule has 1 spiro atoms. The number of fused-ring (bicyclic) bond motifs is 1. The van der Waals surface area contributed by atoms with Gasteiger partial charge in [-0.1, -0.05) is 36.4 Å². The fraction of sp³-hybridized carbons (Fsp3) is 0.455. The van der Waals surface area contributed by atoms with Crippen LogP contribution < -0.4 is 10.2 Å². The highest BCUT2D eigenvalue weighted by atomic mass is 19.1. The van der Waals surface area contributed by atoms with Gasteiger partial charge >= 0.3 is 0 Å². The summed E-state index contributed by atoms with van der Waals surface area (Å²) in [6.07, 6.45) is 2.77. The Balaban J connectivity index is 1.20. The van der Waals surface area contributed by atoms with Crippen LogP contribution in [0.15, 0.2) is 60.7 Å². The molecule has 3 saturated heterocycles. The van der Waals surface area contributed by atoms with E-state index in [0.717, 1.165) is 25.3 Å². The number of nitrogens with one attached hydrogen (secondary N) is 1. The summed E-state index contributed by atoms with van der Waals surface area (Å²) >= 11 is 0. The highest BCUT2D eigenvalue weighted by Crippen LogP contribution is 2.40. The lowest BCUT2D eigenvalue weighted by molar-refractivity contribution is -0.134. The molecule has 0 bridgehead atoms. The first-order chi connectivity index (χ1) is 19.9. The minimum absolute atomic E-state index is 0.0424. The second kappa shape index (κ2) is 11.4. The van der Waals surface area contributed by atoms with Crippen molar-refractivity contribution in [1.82, 2.24) is 15.1 Å². The zero-order chi connectivity index (χ0) is 28.6. The van der Waals surface area contributed by atoms with E-state index in [1.54, 1.807) is 19.2 Å². The number of carbonyl (C=O) groups excluding carboxylic acids is 2. The van der Waals surface area contributed by atoms with Crippen LogP contribution in [0, 0.1) is 18.7 Å². The molecule has 2 atom stereocenters. The molecule has 0 aliphatic carbocycles. The number of amides is 2. The molecule has 0 aromatic heterocycles. The van der Waals surface area contributed by atoms with Gasteiger partial charge in [-0.05, 0) is 78.8 Å². The summed E-state index contributed by atoms with van der Waals surface area (Å²) in [5, 5.41) is 5.67. The van der Waals surface area contributed by atoms with E-state index in [1.807, 2.05) is 4.90 Å². The summed E-state index contributed by atoms with van der Waals surface area (Å²) in [5.74, 6) is -0.222. The number of carbonyl (C=O) groups is 2. The Morgan fingerprint density at radius 1 is 1.02 bits per heavy atom. The largest absolute Gasteiger partial charge is 0.385 e. The number of rotatable bonds is 8. The van der Waals surface area contributed by atoms with Gasteiger partial charge in [-0.25, -0.2) is 4.39 Å². The van der Waals surface area contributed by atoms with Gasteiger partial charge in [-0.15, -0.1) is 0 Å². The lowest BCUT2D eigenvalue weighted by atomic mass is 9.85. The molecule has 8 heteroatoms. The fourth-order valence-electron chi connectivity index (χ4n) is 7.15. The van der Waals surface area contributed by atoms with E-state index in [4.69, 9.17) is 4.74 Å². The van der Waals surface area contributed by atoms with E-state index in [-0.39, 0.29) is 29.6 Å². The lowest BCUT2D eigenvalue weighted by Crippen LogP contribution is -2.56. The predicted octanol–water partition coefficient (Wildman–Crippen LogP) is 4.47. The second-order valence-corrected chi connectivity index (χ2v) is 11.9. The summed E-state index contributed by atoms with van der Waals surface area (Å²) in [5.41, 5.74) is 2.76. The number of aryl methyl sites for hydroxylation is 1. The van der Waals surface area contributed by atoms with Crippen LogP contribution in [0.2, 0.25) is 0 Å². The van der Waals surface area contributed by atoms with Crippen molar-refractivity contribution in [2.45, 2.75) is 50.7 Å². The van der Waals surface area contributed by atoms with Crippen LogP contribution in [0.25, 0.3) is 10.8 Å². The second-order valence-electron chi connectivity index (χ2n) is 11.9. The molecule has 3 fully saturated rings. The topological polar surface area (TPSA) is 65.1 Å². The van der Waals surface area contributed by atoms with Gasteiger partial charge in [0.25, 0.3) is 0 Å². The molecule has 7 nitrogen and oxygen atoms in total. The molecule has 3 heterocycles. The number of hydrogen-bond acceptors (Lipinski definition) is 5. The molecule has 3 aromatic rings. The number of methoxy groups -OCH3 is 1. The third kappa shape index (κ3) is 5.31. The van der Waals surface area contributed by atoms with Crippen LogP contribution in [0.3, 0.4) is 0 Å². The number of halogens is 1. The number of hydrogen-bond donors (Lipinski definition) is 1. The minimum atomic E-state index is -0.679. The van der Waals surface area contributed by atoms with Crippen LogP contribution in [-0.4, -0.2) is 73.2 Å². The zero-order valence-corrected chi connectivity index (χ0v) is 23.9. The Labute approximate surface area is 241 Å². The highest BCUT2D eigenvalue weighted by Gasteiger charge is 2.54. The monoisotopic (exact) mass is 558 g/mol. The number of ether oxygens (including phenoxy) is 1. The van der Waals surface area contributed by atoms with Gasteiger partial charge in [0.1, 0.15) is 11.4 Å². The molecule has 3 aliphatic heterocycles. The third-order valence-corrected chi connectivity index (χ3v) is 9.33. The normalized spacial score (nSPS) is 22.7. The standard InChI is InChI=1S/C33H39FN4O3/c1-23-5-3-6-24-7-4-8-26(30(23)24)20-36-16-14-33(15-17-36)32(40)37(22-38(33)29-11-9-27(34)10-12-29)21-28-19-25(13-18-41-2)31(39)35-28/h3-12,25,28H,13-22H2,1-2H3,(H,35,39). The van der Waals surface area contributed by atoms with E-state index in [9.17, 15) is 14.0 Å². The van der Waals surface area contributed by atoms with Crippen molar-refractivity contribution >= 4 is 28.3 Å². The van der Waals surface area contributed by atoms with Gasteiger partial charge in [0.2, 0.25) is 11.8 Å². The maximum absolute atomic E-state index is 14.2. The molecule has 216 valence electrons. The smallest absolute Gasteiger partial charge is 0.250 e. The molecular formula is C33H39FN4O3. The highest BCUT2D eigenvalue weighted by molar-refractivity contribution is 5.94. The van der Waals surface area contributed by atoms with Gasteiger partial charge in [0, 0.05) is 57.5 Å². The van der Waals surface area contributed by atoms with Gasteiger partial charge in [-0.2, -0.15) is 0 Å². The van der Waals surface area contributed by atoms with E-state index in [2.05, 4.69) is 58.4 Å². The average Bonchev–Trinajstić information content (AvgIpc) is 3.45. The maximum Gasteiger partial charge on any atom is 0.250 e. The van der Waals surface area contributed by atoms with Crippen molar-refractivity contribution in [3.05, 3.63) is 77.6 Å². The number of nitrogens with zero attached hydrogens (tertiary/aromatic N) is 3. The van der Waals surface area contributed by atoms with Gasteiger partial charge in [-0.3, -0.25) is 14.5 Å². The van der Waals surface area contributed by atoms with Crippen molar-refractivity contribution in [2.24, 2.45) is 5.92 Å². The van der Waals surface area contributed by atoms with Gasteiger partial charge in [0.05, 0.1) is 6.67 Å². The maximum atomic E-state index is 14.2. The Kier molecular flexibility index (Phi) is 7.70. The SMILES string of the molecule is COCCC1CC(CN2CN(c3ccc(F)cc3)C3(CCN(Cc4cccc5cccc(C)c45)CC3)C2=O)NC1=O. The summed E-state index contributed by atoms with van der Waals surface area (Å²) < 4.78 is 19.0. The van der Waals surface area contributed by atoms with Crippen molar-refractivity contribution < 1.29 is 18.7 Å². The summed E-state index contributed by atoms with van der Waals surface area (Å²) in [6.45, 7) is 6.04. The third-order valence-electron chi connectivity index (χ3n) is 9.33. The van der Waals surface area contributed by atoms with Crippen LogP contribution in [0.4, 0.5) is 10.1 Å². The summed E-state index contributed by atoms with van der Waals surface area (Å²) in [4.78, 5) is 33.2. The Morgan fingerprint density at radius 2 is 1.76 bits per heavy atom. The first-order valence-corrected chi connectivity index (χ1v) is 14.7. The molecule has 2 amide bonds. The molecule has 0 radical (unpaired) electrons. The quantitative estimate of drug-likeness (QED) is 0.442. The van der Waals surface area contributed by atoms with Crippen molar-refractivity contribution in [2.75, 3.05) is 44.9 Å². The number of benzene rings is 3. The van der Waals surface area contributed by atoms with Crippen molar-refractivity contribution in [3.63, 3.8) is 0 Å². The van der Waals surface area contributed by atoms with Crippen LogP contribution in [-0.2, 0) is 20.9 Å². The number of anilines is 1. The van der Waals surface area contributed by atoms with Crippen LogP contribution >= 0.6 is 0 Å². The zero-order valence-electron chi connectivity index (χ0n) is 23.9. The lowest BCUT2D eigenvalue weighted by Gasteiger charge is -2.43. The Morgan fingerprint density at radius 3 is 2.49 bits per heavy atom. The first-order valence-electron chi connectivity index (χ1n) is 14.7. The molecule has 1 N–H and O–H groups in total. The fourth-order valence-corrected chi connectivity index (χ4v) is 7.15. The molecule has 0 saturated carbocycles. The minimum Gasteiger partial charge on any atom is -0.385 e. The van der Waals surface area contributed by atoms with Crippen molar-refractivity contribution in [3.8, 4) is 0 Å². The molecule has 41 heavy (non-hydrogen) atoms. The molecule has 3 aliphatic rings. The van der Waals surface area contributed by atoms with E-state index < -0.39 is 5.54 Å². The van der Waals surface area contributed by atoms with Crippen LogP contribution in [0.5, 0.6) is 0 Å². The van der Waals surface area contributed by atoms with Crippen molar-refractivity contribution in [1.29, 1.82) is 0 Å². The predicted molar refractivity (Wildman–Crippen MR) is 158 cm³/mol. The van der Waals surface area contributed by atoms with E-state index in [0.29, 0.717) is 45.5 Å².